The average molecular weight is 364 g/mol. The van der Waals surface area contributed by atoms with Gasteiger partial charge in [0.1, 0.15) is 0 Å². The lowest BCUT2D eigenvalue weighted by molar-refractivity contribution is 0.102. The molecule has 2 N–H and O–H groups in total. The Kier molecular flexibility index (Phi) is 3.74. The van der Waals surface area contributed by atoms with Gasteiger partial charge < -0.3 is 10.3 Å². The van der Waals surface area contributed by atoms with E-state index in [1.54, 1.807) is 12.1 Å². The molecule has 0 bridgehead atoms. The first kappa shape index (κ1) is 14.2. The van der Waals surface area contributed by atoms with Gasteiger partial charge in [-0.2, -0.15) is 0 Å². The predicted octanol–water partition coefficient (Wildman–Crippen LogP) is 5.14. The standard InChI is InChI=1S/C16H12BrClN2O/c1-9-7-12(17)15(8-13(9)18)20-16(21)11-3-2-4-14-10(11)5-6-19-14/h2-8,19H,1H3,(H,20,21). The van der Waals surface area contributed by atoms with E-state index < -0.39 is 0 Å². The fraction of sp³-hybridized carbons (Fsp3) is 0.0625. The number of H-pyrrole nitrogens is 1. The number of carbonyl (C=O) groups excluding carboxylic acids is 1. The molecule has 1 heterocycles. The van der Waals surface area contributed by atoms with Crippen molar-refractivity contribution in [1.82, 2.24) is 4.98 Å². The number of amides is 1. The number of aromatic nitrogens is 1. The minimum atomic E-state index is -0.166. The van der Waals surface area contributed by atoms with E-state index in [2.05, 4.69) is 26.2 Å². The Morgan fingerprint density at radius 1 is 1.29 bits per heavy atom. The monoisotopic (exact) mass is 362 g/mol. The lowest BCUT2D eigenvalue weighted by atomic mass is 10.1. The summed E-state index contributed by atoms with van der Waals surface area (Å²) in [6.07, 6.45) is 1.82. The van der Waals surface area contributed by atoms with Crippen molar-refractivity contribution < 1.29 is 4.79 Å². The van der Waals surface area contributed by atoms with Crippen LogP contribution in [0, 0.1) is 6.92 Å². The molecule has 0 radical (unpaired) electrons. The first-order chi connectivity index (χ1) is 10.1. The molecule has 3 aromatic rings. The number of aromatic amines is 1. The number of hydrogen-bond donors (Lipinski definition) is 2. The maximum Gasteiger partial charge on any atom is 0.256 e. The van der Waals surface area contributed by atoms with Crippen LogP contribution >= 0.6 is 27.5 Å². The van der Waals surface area contributed by atoms with E-state index in [9.17, 15) is 4.79 Å². The number of anilines is 1. The Balaban J connectivity index is 1.97. The van der Waals surface area contributed by atoms with Gasteiger partial charge in [0.2, 0.25) is 0 Å². The average Bonchev–Trinajstić information content (AvgIpc) is 2.92. The van der Waals surface area contributed by atoms with Crippen LogP contribution in [0.15, 0.2) is 47.1 Å². The van der Waals surface area contributed by atoms with E-state index in [-0.39, 0.29) is 5.91 Å². The zero-order chi connectivity index (χ0) is 15.0. The van der Waals surface area contributed by atoms with Crippen LogP contribution in [0.4, 0.5) is 5.69 Å². The molecule has 2 aromatic carbocycles. The number of halogens is 2. The van der Waals surface area contributed by atoms with Crippen molar-refractivity contribution in [1.29, 1.82) is 0 Å². The smallest absolute Gasteiger partial charge is 0.256 e. The van der Waals surface area contributed by atoms with Gasteiger partial charge >= 0.3 is 0 Å². The van der Waals surface area contributed by atoms with Crippen molar-refractivity contribution in [3.63, 3.8) is 0 Å². The quantitative estimate of drug-likeness (QED) is 0.650. The number of aryl methyl sites for hydroxylation is 1. The Morgan fingerprint density at radius 2 is 2.10 bits per heavy atom. The number of carbonyl (C=O) groups is 1. The van der Waals surface area contributed by atoms with E-state index in [1.807, 2.05) is 37.4 Å². The third kappa shape index (κ3) is 2.69. The Morgan fingerprint density at radius 3 is 2.90 bits per heavy atom. The van der Waals surface area contributed by atoms with Gasteiger partial charge in [-0.3, -0.25) is 4.79 Å². The molecule has 0 aliphatic carbocycles. The number of benzene rings is 2. The topological polar surface area (TPSA) is 44.9 Å². The van der Waals surface area contributed by atoms with E-state index in [4.69, 9.17) is 11.6 Å². The van der Waals surface area contributed by atoms with E-state index in [1.165, 1.54) is 0 Å². The molecular formula is C16H12BrClN2O. The second-order valence-corrected chi connectivity index (χ2v) is 6.04. The van der Waals surface area contributed by atoms with Crippen LogP contribution < -0.4 is 5.32 Å². The summed E-state index contributed by atoms with van der Waals surface area (Å²) < 4.78 is 0.805. The maximum atomic E-state index is 12.5. The lowest BCUT2D eigenvalue weighted by Gasteiger charge is -2.10. The number of rotatable bonds is 2. The third-order valence-corrected chi connectivity index (χ3v) is 4.40. The zero-order valence-electron chi connectivity index (χ0n) is 11.2. The minimum Gasteiger partial charge on any atom is -0.361 e. The van der Waals surface area contributed by atoms with Crippen molar-refractivity contribution in [2.45, 2.75) is 6.92 Å². The SMILES string of the molecule is Cc1cc(Br)c(NC(=O)c2cccc3[nH]ccc23)cc1Cl. The number of nitrogens with one attached hydrogen (secondary N) is 2. The molecule has 106 valence electrons. The highest BCUT2D eigenvalue weighted by molar-refractivity contribution is 9.10. The number of fused-ring (bicyclic) bond motifs is 1. The molecule has 0 unspecified atom stereocenters. The molecule has 0 fully saturated rings. The zero-order valence-corrected chi connectivity index (χ0v) is 13.5. The molecule has 0 saturated heterocycles. The molecule has 0 saturated carbocycles. The highest BCUT2D eigenvalue weighted by Gasteiger charge is 2.13. The van der Waals surface area contributed by atoms with Crippen molar-refractivity contribution >= 4 is 50.0 Å². The summed E-state index contributed by atoms with van der Waals surface area (Å²) in [6, 6.07) is 11.1. The van der Waals surface area contributed by atoms with Crippen molar-refractivity contribution in [3.8, 4) is 0 Å². The summed E-state index contributed by atoms with van der Waals surface area (Å²) in [5, 5.41) is 4.40. The van der Waals surface area contributed by atoms with E-state index in [0.29, 0.717) is 16.3 Å². The van der Waals surface area contributed by atoms with Crippen LogP contribution in [-0.4, -0.2) is 10.9 Å². The summed E-state index contributed by atoms with van der Waals surface area (Å²) in [5.74, 6) is -0.166. The lowest BCUT2D eigenvalue weighted by Crippen LogP contribution is -2.12. The first-order valence-electron chi connectivity index (χ1n) is 6.39. The third-order valence-electron chi connectivity index (χ3n) is 3.34. The van der Waals surface area contributed by atoms with Crippen molar-refractivity contribution in [2.24, 2.45) is 0 Å². The van der Waals surface area contributed by atoms with Crippen molar-refractivity contribution in [2.75, 3.05) is 5.32 Å². The highest BCUT2D eigenvalue weighted by Crippen LogP contribution is 2.30. The Hall–Kier alpha value is -1.78. The molecule has 3 nitrogen and oxygen atoms in total. The van der Waals surface area contributed by atoms with E-state index in [0.717, 1.165) is 20.9 Å². The summed E-state index contributed by atoms with van der Waals surface area (Å²) in [5.41, 5.74) is 3.17. The molecule has 21 heavy (non-hydrogen) atoms. The van der Waals surface area contributed by atoms with Crippen LogP contribution in [0.2, 0.25) is 5.02 Å². The largest absolute Gasteiger partial charge is 0.361 e. The van der Waals surface area contributed by atoms with Gasteiger partial charge in [0.05, 0.1) is 5.69 Å². The second kappa shape index (κ2) is 5.54. The van der Waals surface area contributed by atoms with Crippen LogP contribution in [0.1, 0.15) is 15.9 Å². The van der Waals surface area contributed by atoms with Crippen LogP contribution in [0.25, 0.3) is 10.9 Å². The molecule has 0 aliphatic heterocycles. The van der Waals surface area contributed by atoms with Gasteiger partial charge in [-0.25, -0.2) is 0 Å². The second-order valence-electron chi connectivity index (χ2n) is 4.78. The normalized spacial score (nSPS) is 10.8. The highest BCUT2D eigenvalue weighted by atomic mass is 79.9. The fourth-order valence-corrected chi connectivity index (χ4v) is 2.94. The Bertz CT molecular complexity index is 841. The molecule has 1 amide bonds. The van der Waals surface area contributed by atoms with Gasteiger partial charge in [-0.05, 0) is 58.7 Å². The van der Waals surface area contributed by atoms with Crippen LogP contribution in [0.5, 0.6) is 0 Å². The maximum absolute atomic E-state index is 12.5. The van der Waals surface area contributed by atoms with Gasteiger partial charge in [0.15, 0.2) is 0 Å². The first-order valence-corrected chi connectivity index (χ1v) is 7.56. The molecule has 1 aromatic heterocycles. The summed E-state index contributed by atoms with van der Waals surface area (Å²) >= 11 is 9.56. The van der Waals surface area contributed by atoms with Crippen LogP contribution in [0.3, 0.4) is 0 Å². The fourth-order valence-electron chi connectivity index (χ4n) is 2.22. The van der Waals surface area contributed by atoms with Gasteiger partial charge in [-0.15, -0.1) is 0 Å². The molecular weight excluding hydrogens is 352 g/mol. The molecule has 0 aliphatic rings. The van der Waals surface area contributed by atoms with Gasteiger partial charge in [0.25, 0.3) is 5.91 Å². The predicted molar refractivity (Wildman–Crippen MR) is 90.1 cm³/mol. The molecule has 0 atom stereocenters. The summed E-state index contributed by atoms with van der Waals surface area (Å²) in [7, 11) is 0. The summed E-state index contributed by atoms with van der Waals surface area (Å²) in [4.78, 5) is 15.6. The van der Waals surface area contributed by atoms with E-state index >= 15 is 0 Å². The van der Waals surface area contributed by atoms with Gasteiger partial charge in [0, 0.05) is 32.2 Å². The summed E-state index contributed by atoms with van der Waals surface area (Å²) in [6.45, 7) is 1.92. The Labute approximate surface area is 135 Å². The van der Waals surface area contributed by atoms with Crippen molar-refractivity contribution in [3.05, 3.63) is 63.2 Å². The molecule has 0 spiro atoms. The van der Waals surface area contributed by atoms with Gasteiger partial charge in [-0.1, -0.05) is 17.7 Å². The minimum absolute atomic E-state index is 0.166. The number of hydrogen-bond acceptors (Lipinski definition) is 1. The van der Waals surface area contributed by atoms with Crippen LogP contribution in [-0.2, 0) is 0 Å². The molecule has 3 rings (SSSR count). The molecule has 5 heteroatoms.